The first-order valence-corrected chi connectivity index (χ1v) is 14.1. The summed E-state index contributed by atoms with van der Waals surface area (Å²) >= 11 is 2.97. The third-order valence-electron chi connectivity index (χ3n) is 4.80. The summed E-state index contributed by atoms with van der Waals surface area (Å²) in [5.74, 6) is 1.20. The van der Waals surface area contributed by atoms with Gasteiger partial charge in [-0.1, -0.05) is 67.3 Å². The highest BCUT2D eigenvalue weighted by molar-refractivity contribution is 8.01. The average molecular weight is 505 g/mol. The lowest BCUT2D eigenvalue weighted by Gasteiger charge is -2.26. The van der Waals surface area contributed by atoms with Gasteiger partial charge in [-0.2, -0.15) is 0 Å². The largest absolute Gasteiger partial charge is 0.296 e. The van der Waals surface area contributed by atoms with E-state index in [0.29, 0.717) is 22.3 Å². The van der Waals surface area contributed by atoms with Crippen LogP contribution in [0.2, 0.25) is 0 Å². The second kappa shape index (κ2) is 10.7. The van der Waals surface area contributed by atoms with Gasteiger partial charge in [-0.3, -0.25) is 14.4 Å². The molecule has 0 radical (unpaired) electrons. The van der Waals surface area contributed by atoms with E-state index in [0.717, 1.165) is 26.8 Å². The second-order valence-corrected chi connectivity index (χ2v) is 12.4. The van der Waals surface area contributed by atoms with Crippen LogP contribution in [0.4, 0.5) is 10.8 Å². The van der Waals surface area contributed by atoms with Crippen molar-refractivity contribution in [2.24, 2.45) is 5.92 Å². The van der Waals surface area contributed by atoms with E-state index in [9.17, 15) is 13.2 Å². The van der Waals surface area contributed by atoms with Crippen LogP contribution in [0.25, 0.3) is 0 Å². The maximum atomic E-state index is 12.6. The molecule has 2 aromatic carbocycles. The summed E-state index contributed by atoms with van der Waals surface area (Å²) in [5, 5.41) is 11.4. The van der Waals surface area contributed by atoms with Crippen molar-refractivity contribution < 1.29 is 13.2 Å². The summed E-state index contributed by atoms with van der Waals surface area (Å²) in [4.78, 5) is 12.6. The molecule has 0 aliphatic heterocycles. The maximum Gasteiger partial charge on any atom is 0.257 e. The van der Waals surface area contributed by atoms with Crippen molar-refractivity contribution in [2.45, 2.75) is 38.6 Å². The molecule has 0 saturated heterocycles. The smallest absolute Gasteiger partial charge is 0.257 e. The Labute approximate surface area is 203 Å². The molecule has 1 N–H and O–H groups in total. The number of benzene rings is 2. The zero-order chi connectivity index (χ0) is 24.2. The third kappa shape index (κ3) is 6.78. The number of carbonyl (C=O) groups is 1. The van der Waals surface area contributed by atoms with Gasteiger partial charge in [-0.15, -0.1) is 10.2 Å². The van der Waals surface area contributed by atoms with E-state index in [1.165, 1.54) is 21.9 Å². The number of anilines is 2. The van der Waals surface area contributed by atoms with Crippen LogP contribution in [0.1, 0.15) is 40.9 Å². The van der Waals surface area contributed by atoms with Gasteiger partial charge in [0.1, 0.15) is 0 Å². The molecule has 0 unspecified atom stereocenters. The van der Waals surface area contributed by atoms with Crippen molar-refractivity contribution in [2.75, 3.05) is 21.6 Å². The van der Waals surface area contributed by atoms with Crippen molar-refractivity contribution in [3.05, 3.63) is 64.7 Å². The zero-order valence-corrected chi connectivity index (χ0v) is 21.8. The lowest BCUT2D eigenvalue weighted by molar-refractivity contribution is 0.102. The first-order valence-electron chi connectivity index (χ1n) is 10.4. The Bertz CT molecular complexity index is 1200. The molecule has 176 valence electrons. The standard InChI is InChI=1S/C23H28N4O3S3/c1-15(2)14-31-23-26-25-22(32-23)24-21(28)19-11-9-18(10-12-19)13-27(33(5,29)30)20-16(3)7-6-8-17(20)4/h6-12,15H,13-14H2,1-5H3,(H,24,25,28). The number of rotatable bonds is 9. The van der Waals surface area contributed by atoms with E-state index in [2.05, 4.69) is 29.4 Å². The van der Waals surface area contributed by atoms with E-state index in [-0.39, 0.29) is 12.5 Å². The van der Waals surface area contributed by atoms with Crippen LogP contribution < -0.4 is 9.62 Å². The quantitative estimate of drug-likeness (QED) is 0.321. The van der Waals surface area contributed by atoms with Gasteiger partial charge in [0.05, 0.1) is 18.5 Å². The fraction of sp³-hybridized carbons (Fsp3) is 0.348. The predicted octanol–water partition coefficient (Wildman–Crippen LogP) is 5.12. The van der Waals surface area contributed by atoms with Crippen molar-refractivity contribution in [3.63, 3.8) is 0 Å². The highest BCUT2D eigenvalue weighted by atomic mass is 32.2. The highest BCUT2D eigenvalue weighted by Gasteiger charge is 2.21. The van der Waals surface area contributed by atoms with Crippen molar-refractivity contribution in [3.8, 4) is 0 Å². The molecule has 0 fully saturated rings. The number of carbonyl (C=O) groups excluding carboxylic acids is 1. The SMILES string of the molecule is Cc1cccc(C)c1N(Cc1ccc(C(=O)Nc2nnc(SCC(C)C)s2)cc1)S(C)(=O)=O. The van der Waals surface area contributed by atoms with Gasteiger partial charge in [0, 0.05) is 11.3 Å². The number of nitrogens with one attached hydrogen (secondary N) is 1. The van der Waals surface area contributed by atoms with Crippen molar-refractivity contribution in [1.29, 1.82) is 0 Å². The van der Waals surface area contributed by atoms with Crippen molar-refractivity contribution in [1.82, 2.24) is 10.2 Å². The molecular weight excluding hydrogens is 476 g/mol. The summed E-state index contributed by atoms with van der Waals surface area (Å²) in [6.45, 7) is 8.25. The van der Waals surface area contributed by atoms with E-state index in [1.54, 1.807) is 36.0 Å². The van der Waals surface area contributed by atoms with Crippen molar-refractivity contribution >= 4 is 49.8 Å². The van der Waals surface area contributed by atoms with E-state index >= 15 is 0 Å². The Hall–Kier alpha value is -2.43. The van der Waals surface area contributed by atoms with E-state index < -0.39 is 10.0 Å². The zero-order valence-electron chi connectivity index (χ0n) is 19.3. The van der Waals surface area contributed by atoms with Gasteiger partial charge in [0.25, 0.3) is 5.91 Å². The molecule has 0 aliphatic rings. The lowest BCUT2D eigenvalue weighted by atomic mass is 10.1. The number of amides is 1. The number of hydrogen-bond donors (Lipinski definition) is 1. The molecule has 3 rings (SSSR count). The molecule has 0 saturated carbocycles. The highest BCUT2D eigenvalue weighted by Crippen LogP contribution is 2.29. The first-order chi connectivity index (χ1) is 15.5. The van der Waals surface area contributed by atoms with Crippen LogP contribution in [0.15, 0.2) is 46.8 Å². The molecule has 3 aromatic rings. The van der Waals surface area contributed by atoms with Crippen LogP contribution in [0.3, 0.4) is 0 Å². The summed E-state index contributed by atoms with van der Waals surface area (Å²) in [5.41, 5.74) is 3.70. The monoisotopic (exact) mass is 504 g/mol. The van der Waals surface area contributed by atoms with Gasteiger partial charge >= 0.3 is 0 Å². The number of aryl methyl sites for hydroxylation is 2. The molecule has 1 amide bonds. The third-order valence-corrected chi connectivity index (χ3v) is 8.31. The number of aromatic nitrogens is 2. The fourth-order valence-electron chi connectivity index (χ4n) is 3.21. The molecule has 0 bridgehead atoms. The first kappa shape index (κ1) is 25.2. The fourth-order valence-corrected chi connectivity index (χ4v) is 5.94. The van der Waals surface area contributed by atoms with Gasteiger partial charge in [-0.05, 0) is 48.6 Å². The summed E-state index contributed by atoms with van der Waals surface area (Å²) in [7, 11) is -3.50. The Morgan fingerprint density at radius 3 is 2.30 bits per heavy atom. The Kier molecular flexibility index (Phi) is 8.14. The average Bonchev–Trinajstić information content (AvgIpc) is 3.18. The van der Waals surface area contributed by atoms with E-state index in [4.69, 9.17) is 0 Å². The number of nitrogens with zero attached hydrogens (tertiary/aromatic N) is 3. The molecule has 1 aromatic heterocycles. The van der Waals surface area contributed by atoms with Crippen LogP contribution in [0, 0.1) is 19.8 Å². The molecule has 7 nitrogen and oxygen atoms in total. The van der Waals surface area contributed by atoms with Crippen LogP contribution in [0.5, 0.6) is 0 Å². The van der Waals surface area contributed by atoms with E-state index in [1.807, 2.05) is 32.0 Å². The van der Waals surface area contributed by atoms with Gasteiger partial charge in [-0.25, -0.2) is 8.42 Å². The minimum absolute atomic E-state index is 0.180. The molecule has 0 atom stereocenters. The molecule has 0 aliphatic carbocycles. The molecule has 10 heteroatoms. The number of hydrogen-bond acceptors (Lipinski definition) is 7. The molecular formula is C23H28N4O3S3. The Morgan fingerprint density at radius 1 is 1.09 bits per heavy atom. The normalized spacial score (nSPS) is 11.6. The molecule has 0 spiro atoms. The number of thioether (sulfide) groups is 1. The minimum atomic E-state index is -3.50. The molecule has 1 heterocycles. The van der Waals surface area contributed by atoms with Crippen LogP contribution in [-0.4, -0.2) is 36.5 Å². The van der Waals surface area contributed by atoms with Crippen LogP contribution in [-0.2, 0) is 16.6 Å². The van der Waals surface area contributed by atoms with Gasteiger partial charge in [0.15, 0.2) is 4.34 Å². The maximum absolute atomic E-state index is 12.6. The molecule has 33 heavy (non-hydrogen) atoms. The summed E-state index contributed by atoms with van der Waals surface area (Å²) < 4.78 is 27.3. The lowest BCUT2D eigenvalue weighted by Crippen LogP contribution is -2.30. The van der Waals surface area contributed by atoms with Gasteiger partial charge in [0.2, 0.25) is 15.2 Å². The minimum Gasteiger partial charge on any atom is -0.296 e. The second-order valence-electron chi connectivity index (χ2n) is 8.24. The van der Waals surface area contributed by atoms with Gasteiger partial charge < -0.3 is 0 Å². The topological polar surface area (TPSA) is 92.3 Å². The number of sulfonamides is 1. The predicted molar refractivity (Wildman–Crippen MR) is 137 cm³/mol. The van der Waals surface area contributed by atoms with Crippen LogP contribution >= 0.6 is 23.1 Å². The summed E-state index contributed by atoms with van der Waals surface area (Å²) in [6.07, 6.45) is 1.20. The number of para-hydroxylation sites is 1. The Balaban J connectivity index is 1.72. The summed E-state index contributed by atoms with van der Waals surface area (Å²) in [6, 6.07) is 12.6. The Morgan fingerprint density at radius 2 is 1.73 bits per heavy atom.